The zero-order valence-corrected chi connectivity index (χ0v) is 11.2. The summed E-state index contributed by atoms with van der Waals surface area (Å²) in [6.45, 7) is 2.10. The summed E-state index contributed by atoms with van der Waals surface area (Å²) in [5, 5.41) is 6.10. The van der Waals surface area contributed by atoms with Gasteiger partial charge in [0.1, 0.15) is 0 Å². The molecule has 4 atom stereocenters. The molecule has 0 saturated carbocycles. The third-order valence-corrected chi connectivity index (χ3v) is 4.61. The number of hydrogen-bond donors (Lipinski definition) is 2. The number of rotatable bonds is 2. The molecule has 3 rings (SSSR count). The van der Waals surface area contributed by atoms with Gasteiger partial charge in [-0.25, -0.2) is 0 Å². The molecule has 0 bridgehead atoms. The smallest absolute Gasteiger partial charge is 0.240 e. The van der Waals surface area contributed by atoms with Crippen LogP contribution in [0.4, 0.5) is 0 Å². The lowest BCUT2D eigenvalue weighted by Gasteiger charge is -2.37. The van der Waals surface area contributed by atoms with Crippen molar-refractivity contribution in [3.8, 4) is 0 Å². The molecule has 0 radical (unpaired) electrons. The summed E-state index contributed by atoms with van der Waals surface area (Å²) in [6.07, 6.45) is 2.67. The van der Waals surface area contributed by atoms with Gasteiger partial charge in [0, 0.05) is 26.7 Å². The zero-order chi connectivity index (χ0) is 13.4. The quantitative estimate of drug-likeness (QED) is 0.680. The zero-order valence-electron chi connectivity index (χ0n) is 11.2. The molecule has 3 saturated heterocycles. The molecule has 6 heteroatoms. The predicted octanol–water partition coefficient (Wildman–Crippen LogP) is -0.900. The fraction of sp³-hybridized carbons (Fsp3) is 0.846. The minimum atomic E-state index is -0.153. The highest BCUT2D eigenvalue weighted by molar-refractivity contribution is 5.86. The number of piperidine rings is 1. The normalized spacial score (nSPS) is 38.2. The second-order valence-corrected chi connectivity index (χ2v) is 5.65. The van der Waals surface area contributed by atoms with Crippen molar-refractivity contribution in [3.63, 3.8) is 0 Å². The number of amides is 2. The van der Waals surface area contributed by atoms with E-state index in [2.05, 4.69) is 10.6 Å². The Labute approximate surface area is 112 Å². The molecule has 2 N–H and O–H groups in total. The lowest BCUT2D eigenvalue weighted by Crippen LogP contribution is -2.53. The summed E-state index contributed by atoms with van der Waals surface area (Å²) in [6, 6.07) is -0.100. The Morgan fingerprint density at radius 2 is 2.26 bits per heavy atom. The molecule has 0 spiro atoms. The van der Waals surface area contributed by atoms with Crippen molar-refractivity contribution in [2.75, 3.05) is 26.7 Å². The molecule has 0 aromatic carbocycles. The maximum absolute atomic E-state index is 12.6. The lowest BCUT2D eigenvalue weighted by atomic mass is 9.91. The van der Waals surface area contributed by atoms with Crippen LogP contribution in [0.1, 0.15) is 19.3 Å². The maximum atomic E-state index is 12.6. The number of likely N-dealkylation sites (tertiary alicyclic amines) is 1. The Bertz CT molecular complexity index is 387. The lowest BCUT2D eigenvalue weighted by molar-refractivity contribution is -0.138. The fourth-order valence-electron chi connectivity index (χ4n) is 3.50. The van der Waals surface area contributed by atoms with Gasteiger partial charge < -0.3 is 20.3 Å². The van der Waals surface area contributed by atoms with E-state index in [4.69, 9.17) is 4.74 Å². The molecular weight excluding hydrogens is 246 g/mol. The molecule has 0 aromatic heterocycles. The van der Waals surface area contributed by atoms with Crippen LogP contribution < -0.4 is 10.6 Å². The van der Waals surface area contributed by atoms with E-state index in [1.165, 1.54) is 0 Å². The molecule has 0 aliphatic carbocycles. The number of hydrogen-bond acceptors (Lipinski definition) is 4. The minimum Gasteiger partial charge on any atom is -0.380 e. The van der Waals surface area contributed by atoms with Crippen LogP contribution >= 0.6 is 0 Å². The average Bonchev–Trinajstić information content (AvgIpc) is 3.05. The van der Waals surface area contributed by atoms with Gasteiger partial charge in [0.2, 0.25) is 11.8 Å². The van der Waals surface area contributed by atoms with Crippen LogP contribution in [0.25, 0.3) is 0 Å². The highest BCUT2D eigenvalue weighted by Gasteiger charge is 2.44. The summed E-state index contributed by atoms with van der Waals surface area (Å²) in [4.78, 5) is 26.2. The van der Waals surface area contributed by atoms with Gasteiger partial charge in [0.15, 0.2) is 0 Å². The monoisotopic (exact) mass is 267 g/mol. The molecule has 4 unspecified atom stereocenters. The van der Waals surface area contributed by atoms with E-state index in [9.17, 15) is 9.59 Å². The minimum absolute atomic E-state index is 0.00248. The van der Waals surface area contributed by atoms with E-state index in [1.807, 2.05) is 4.90 Å². The molecule has 6 nitrogen and oxygen atoms in total. The number of methoxy groups -OCH3 is 1. The Balaban J connectivity index is 1.68. The number of nitrogens with zero attached hydrogens (tertiary/aromatic N) is 1. The van der Waals surface area contributed by atoms with Crippen LogP contribution in [-0.2, 0) is 14.3 Å². The highest BCUT2D eigenvalue weighted by Crippen LogP contribution is 2.28. The van der Waals surface area contributed by atoms with Gasteiger partial charge >= 0.3 is 0 Å². The summed E-state index contributed by atoms with van der Waals surface area (Å²) in [7, 11) is 1.68. The van der Waals surface area contributed by atoms with Crippen molar-refractivity contribution in [2.45, 2.75) is 37.5 Å². The van der Waals surface area contributed by atoms with Crippen molar-refractivity contribution >= 4 is 11.8 Å². The Morgan fingerprint density at radius 1 is 1.42 bits per heavy atom. The molecule has 2 amide bonds. The highest BCUT2D eigenvalue weighted by atomic mass is 16.5. The van der Waals surface area contributed by atoms with Crippen molar-refractivity contribution in [2.24, 2.45) is 5.92 Å². The summed E-state index contributed by atoms with van der Waals surface area (Å²) in [5.74, 6) is 0.236. The average molecular weight is 267 g/mol. The van der Waals surface area contributed by atoms with Crippen LogP contribution in [0.15, 0.2) is 0 Å². The van der Waals surface area contributed by atoms with Gasteiger partial charge in [-0.3, -0.25) is 9.59 Å². The van der Waals surface area contributed by atoms with Gasteiger partial charge in [0.05, 0.1) is 24.1 Å². The van der Waals surface area contributed by atoms with Crippen molar-refractivity contribution in [1.82, 2.24) is 15.5 Å². The molecule has 0 aromatic rings. The van der Waals surface area contributed by atoms with E-state index < -0.39 is 0 Å². The van der Waals surface area contributed by atoms with Crippen LogP contribution in [0, 0.1) is 5.92 Å². The summed E-state index contributed by atoms with van der Waals surface area (Å²) >= 11 is 0. The van der Waals surface area contributed by atoms with E-state index in [0.29, 0.717) is 6.54 Å². The number of nitrogens with one attached hydrogen (secondary N) is 2. The molecule has 19 heavy (non-hydrogen) atoms. The number of carbonyl (C=O) groups excluding carboxylic acids is 2. The van der Waals surface area contributed by atoms with Crippen LogP contribution in [-0.4, -0.2) is 61.6 Å². The van der Waals surface area contributed by atoms with Gasteiger partial charge in [-0.1, -0.05) is 0 Å². The Morgan fingerprint density at radius 3 is 3.00 bits per heavy atom. The predicted molar refractivity (Wildman–Crippen MR) is 68.4 cm³/mol. The van der Waals surface area contributed by atoms with Crippen LogP contribution in [0.2, 0.25) is 0 Å². The van der Waals surface area contributed by atoms with Crippen molar-refractivity contribution in [1.29, 1.82) is 0 Å². The van der Waals surface area contributed by atoms with Crippen LogP contribution in [0.5, 0.6) is 0 Å². The second-order valence-electron chi connectivity index (χ2n) is 5.65. The Kier molecular flexibility index (Phi) is 3.45. The largest absolute Gasteiger partial charge is 0.380 e. The van der Waals surface area contributed by atoms with Gasteiger partial charge in [-0.2, -0.15) is 0 Å². The first-order valence-electron chi connectivity index (χ1n) is 7.05. The van der Waals surface area contributed by atoms with Crippen LogP contribution in [0.3, 0.4) is 0 Å². The first-order valence-corrected chi connectivity index (χ1v) is 7.05. The topological polar surface area (TPSA) is 70.7 Å². The van der Waals surface area contributed by atoms with E-state index in [0.717, 1.165) is 32.4 Å². The Hall–Kier alpha value is -1.14. The van der Waals surface area contributed by atoms with Crippen molar-refractivity contribution in [3.05, 3.63) is 0 Å². The van der Waals surface area contributed by atoms with Gasteiger partial charge in [0.25, 0.3) is 0 Å². The third-order valence-electron chi connectivity index (χ3n) is 4.61. The van der Waals surface area contributed by atoms with Crippen molar-refractivity contribution < 1.29 is 14.3 Å². The molecule has 3 aliphatic rings. The molecule has 106 valence electrons. The summed E-state index contributed by atoms with van der Waals surface area (Å²) in [5.41, 5.74) is 0. The first kappa shape index (κ1) is 12.9. The van der Waals surface area contributed by atoms with Gasteiger partial charge in [-0.05, 0) is 19.3 Å². The van der Waals surface area contributed by atoms with E-state index >= 15 is 0 Å². The molecule has 3 fully saturated rings. The van der Waals surface area contributed by atoms with E-state index in [-0.39, 0.29) is 35.9 Å². The first-order chi connectivity index (χ1) is 9.20. The maximum Gasteiger partial charge on any atom is 0.240 e. The number of fused-ring (bicyclic) bond motifs is 1. The van der Waals surface area contributed by atoms with E-state index in [1.54, 1.807) is 7.11 Å². The summed E-state index contributed by atoms with van der Waals surface area (Å²) < 4.78 is 5.28. The SMILES string of the molecule is COC1CNC(C(=O)N2CCCC3C(=O)NCC32)C1. The molecule has 3 aliphatic heterocycles. The molecule has 3 heterocycles. The standard InChI is InChI=1S/C13H21N3O3/c1-19-8-5-10(14-6-8)13(18)16-4-2-3-9-11(16)7-15-12(9)17/h8-11,14H,2-7H2,1H3,(H,15,17). The molecular formula is C13H21N3O3. The third kappa shape index (κ3) is 2.23. The number of ether oxygens (including phenoxy) is 1. The second kappa shape index (κ2) is 5.09. The number of carbonyl (C=O) groups is 2. The van der Waals surface area contributed by atoms with Gasteiger partial charge in [-0.15, -0.1) is 0 Å². The fourth-order valence-corrected chi connectivity index (χ4v) is 3.50.